The molecule has 23 heavy (non-hydrogen) atoms. The van der Waals surface area contributed by atoms with Gasteiger partial charge in [-0.1, -0.05) is 12.1 Å². The fourth-order valence-electron chi connectivity index (χ4n) is 2.89. The quantitative estimate of drug-likeness (QED) is 0.738. The van der Waals surface area contributed by atoms with Crippen LogP contribution >= 0.6 is 0 Å². The Hall–Kier alpha value is -0.950. The first kappa shape index (κ1) is 18.4. The number of aliphatic hydroxyl groups excluding tert-OH is 1. The highest BCUT2D eigenvalue weighted by Gasteiger charge is 2.16. The van der Waals surface area contributed by atoms with Gasteiger partial charge in [0.1, 0.15) is 0 Å². The molecule has 2 rings (SSSR count). The Morgan fingerprint density at radius 3 is 2.43 bits per heavy atom. The van der Waals surface area contributed by atoms with Crippen LogP contribution in [0, 0.1) is 0 Å². The van der Waals surface area contributed by atoms with Crippen molar-refractivity contribution >= 4 is 9.84 Å². The van der Waals surface area contributed by atoms with Gasteiger partial charge < -0.3 is 15.3 Å². The molecule has 5 nitrogen and oxygen atoms in total. The molecule has 1 atom stereocenters. The second-order valence-corrected chi connectivity index (χ2v) is 8.46. The summed E-state index contributed by atoms with van der Waals surface area (Å²) in [6, 6.07) is 7.29. The van der Waals surface area contributed by atoms with E-state index in [9.17, 15) is 13.5 Å². The highest BCUT2D eigenvalue weighted by molar-refractivity contribution is 7.90. The van der Waals surface area contributed by atoms with E-state index in [1.165, 1.54) is 6.26 Å². The predicted octanol–water partition coefficient (Wildman–Crippen LogP) is 1.59. The first-order valence-electron chi connectivity index (χ1n) is 8.30. The summed E-state index contributed by atoms with van der Waals surface area (Å²) in [5.74, 6) is 0. The van der Waals surface area contributed by atoms with Crippen LogP contribution in [0.4, 0.5) is 0 Å². The first-order chi connectivity index (χ1) is 10.9. The van der Waals surface area contributed by atoms with Gasteiger partial charge in [-0.3, -0.25) is 0 Å². The second kappa shape index (κ2) is 8.24. The highest BCUT2D eigenvalue weighted by atomic mass is 32.2. The van der Waals surface area contributed by atoms with Gasteiger partial charge in [0.2, 0.25) is 0 Å². The zero-order chi connectivity index (χ0) is 16.9. The summed E-state index contributed by atoms with van der Waals surface area (Å²) in [6.45, 7) is 6.05. The van der Waals surface area contributed by atoms with Crippen molar-refractivity contribution in [2.45, 2.75) is 43.2 Å². The molecule has 1 aliphatic heterocycles. The maximum absolute atomic E-state index is 11.5. The molecular weight excluding hydrogens is 312 g/mol. The average Bonchev–Trinajstić information content (AvgIpc) is 2.52. The molecule has 1 aromatic carbocycles. The van der Waals surface area contributed by atoms with Crippen LogP contribution in [0.3, 0.4) is 0 Å². The number of nitrogens with zero attached hydrogens (tertiary/aromatic N) is 1. The van der Waals surface area contributed by atoms with Crippen LogP contribution in [0.1, 0.15) is 37.8 Å². The van der Waals surface area contributed by atoms with Crippen LogP contribution in [-0.4, -0.2) is 57.0 Å². The highest BCUT2D eigenvalue weighted by Crippen LogP contribution is 2.16. The number of sulfone groups is 1. The lowest BCUT2D eigenvalue weighted by atomic mass is 10.1. The molecule has 0 aromatic heterocycles. The maximum Gasteiger partial charge on any atom is 0.175 e. The van der Waals surface area contributed by atoms with Crippen LogP contribution in [0.2, 0.25) is 0 Å². The molecule has 0 aliphatic carbocycles. The number of hydrogen-bond donors (Lipinski definition) is 2. The van der Waals surface area contributed by atoms with Crippen LogP contribution in [-0.2, 0) is 9.84 Å². The summed E-state index contributed by atoms with van der Waals surface area (Å²) in [6.07, 6.45) is 3.96. The molecule has 1 aromatic rings. The lowest BCUT2D eigenvalue weighted by Crippen LogP contribution is -2.37. The van der Waals surface area contributed by atoms with E-state index in [0.717, 1.165) is 51.0 Å². The van der Waals surface area contributed by atoms with Crippen molar-refractivity contribution in [1.82, 2.24) is 10.2 Å². The average molecular weight is 340 g/mol. The topological polar surface area (TPSA) is 69.6 Å². The lowest BCUT2D eigenvalue weighted by Gasteiger charge is -2.29. The predicted molar refractivity (Wildman–Crippen MR) is 92.3 cm³/mol. The molecule has 1 unspecified atom stereocenters. The van der Waals surface area contributed by atoms with Crippen LogP contribution in [0.15, 0.2) is 29.2 Å². The van der Waals surface area contributed by atoms with Crippen LogP contribution < -0.4 is 5.32 Å². The SMILES string of the molecule is CC(NCCCN1CCC(O)CC1)c1ccc(S(C)(=O)=O)cc1. The zero-order valence-electron chi connectivity index (χ0n) is 14.0. The van der Waals surface area contributed by atoms with E-state index in [4.69, 9.17) is 0 Å². The Kier molecular flexibility index (Phi) is 6.59. The van der Waals surface area contributed by atoms with Gasteiger partial charge >= 0.3 is 0 Å². The zero-order valence-corrected chi connectivity index (χ0v) is 14.8. The summed E-state index contributed by atoms with van der Waals surface area (Å²) >= 11 is 0. The Bertz CT molecular complexity index is 578. The Balaban J connectivity index is 1.71. The van der Waals surface area contributed by atoms with Crippen molar-refractivity contribution in [2.75, 3.05) is 32.4 Å². The molecular formula is C17H28N2O3S. The number of rotatable bonds is 7. The van der Waals surface area contributed by atoms with E-state index in [1.807, 2.05) is 12.1 Å². The van der Waals surface area contributed by atoms with Gasteiger partial charge in [0.15, 0.2) is 9.84 Å². The molecule has 0 spiro atoms. The van der Waals surface area contributed by atoms with Gasteiger partial charge in [0, 0.05) is 25.4 Å². The van der Waals surface area contributed by atoms with Crippen LogP contribution in [0.25, 0.3) is 0 Å². The third-order valence-corrected chi connectivity index (χ3v) is 5.60. The maximum atomic E-state index is 11.5. The number of piperidine rings is 1. The number of benzene rings is 1. The van der Waals surface area contributed by atoms with Crippen molar-refractivity contribution in [3.05, 3.63) is 29.8 Å². The Morgan fingerprint density at radius 1 is 1.26 bits per heavy atom. The molecule has 6 heteroatoms. The van der Waals surface area contributed by atoms with Crippen molar-refractivity contribution in [3.8, 4) is 0 Å². The van der Waals surface area contributed by atoms with Gasteiger partial charge in [-0.05, 0) is 57.0 Å². The van der Waals surface area contributed by atoms with E-state index >= 15 is 0 Å². The standard InChI is InChI=1S/C17H28N2O3S/c1-14(15-4-6-17(7-5-15)23(2,21)22)18-10-3-11-19-12-8-16(20)9-13-19/h4-7,14,16,18,20H,3,8-13H2,1-2H3. The Morgan fingerprint density at radius 2 is 1.87 bits per heavy atom. The van der Waals surface area contributed by atoms with Gasteiger partial charge in [-0.2, -0.15) is 0 Å². The molecule has 1 saturated heterocycles. The largest absolute Gasteiger partial charge is 0.393 e. The number of nitrogens with one attached hydrogen (secondary N) is 1. The van der Waals surface area contributed by atoms with E-state index in [0.29, 0.717) is 4.90 Å². The van der Waals surface area contributed by atoms with Crippen molar-refractivity contribution in [1.29, 1.82) is 0 Å². The summed E-state index contributed by atoms with van der Waals surface area (Å²) in [4.78, 5) is 2.76. The van der Waals surface area contributed by atoms with Gasteiger partial charge in [-0.25, -0.2) is 8.42 Å². The summed E-state index contributed by atoms with van der Waals surface area (Å²) in [5, 5.41) is 13.0. The van der Waals surface area contributed by atoms with E-state index in [-0.39, 0.29) is 12.1 Å². The number of hydrogen-bond acceptors (Lipinski definition) is 5. The summed E-state index contributed by atoms with van der Waals surface area (Å²) in [7, 11) is -3.13. The third-order valence-electron chi connectivity index (χ3n) is 4.47. The number of aliphatic hydroxyl groups is 1. The van der Waals surface area contributed by atoms with Crippen molar-refractivity contribution in [2.24, 2.45) is 0 Å². The summed E-state index contributed by atoms with van der Waals surface area (Å²) < 4.78 is 22.9. The Labute approximate surface area is 139 Å². The molecule has 0 saturated carbocycles. The van der Waals surface area contributed by atoms with Crippen molar-refractivity contribution in [3.63, 3.8) is 0 Å². The molecule has 1 fully saturated rings. The van der Waals surface area contributed by atoms with E-state index < -0.39 is 9.84 Å². The monoisotopic (exact) mass is 340 g/mol. The fraction of sp³-hybridized carbons (Fsp3) is 0.647. The second-order valence-electron chi connectivity index (χ2n) is 6.44. The molecule has 1 aliphatic rings. The molecule has 0 amide bonds. The summed E-state index contributed by atoms with van der Waals surface area (Å²) in [5.41, 5.74) is 1.10. The fourth-order valence-corrected chi connectivity index (χ4v) is 3.52. The van der Waals surface area contributed by atoms with E-state index in [1.54, 1.807) is 12.1 Å². The minimum absolute atomic E-state index is 0.112. The normalized spacial score (nSPS) is 18.9. The molecule has 0 bridgehead atoms. The lowest BCUT2D eigenvalue weighted by molar-refractivity contribution is 0.0820. The third kappa shape index (κ3) is 5.88. The minimum atomic E-state index is -3.13. The van der Waals surface area contributed by atoms with E-state index in [2.05, 4.69) is 17.1 Å². The van der Waals surface area contributed by atoms with Crippen molar-refractivity contribution < 1.29 is 13.5 Å². The van der Waals surface area contributed by atoms with Gasteiger partial charge in [0.05, 0.1) is 11.0 Å². The van der Waals surface area contributed by atoms with Gasteiger partial charge in [0.25, 0.3) is 0 Å². The molecule has 0 radical (unpaired) electrons. The van der Waals surface area contributed by atoms with Crippen LogP contribution in [0.5, 0.6) is 0 Å². The molecule has 1 heterocycles. The molecule has 2 N–H and O–H groups in total. The smallest absolute Gasteiger partial charge is 0.175 e. The first-order valence-corrected chi connectivity index (χ1v) is 10.2. The molecule has 130 valence electrons. The van der Waals surface area contributed by atoms with Gasteiger partial charge in [-0.15, -0.1) is 0 Å². The number of likely N-dealkylation sites (tertiary alicyclic amines) is 1. The minimum Gasteiger partial charge on any atom is -0.393 e.